The average molecular weight is 270 g/mol. The Morgan fingerprint density at radius 1 is 1.15 bits per heavy atom. The van der Waals surface area contributed by atoms with E-state index in [0.29, 0.717) is 12.2 Å². The summed E-state index contributed by atoms with van der Waals surface area (Å²) in [5.74, 6) is 0.287. The predicted molar refractivity (Wildman–Crippen MR) is 81.2 cm³/mol. The van der Waals surface area contributed by atoms with Crippen molar-refractivity contribution in [1.29, 1.82) is 0 Å². The Balaban J connectivity index is 2.13. The summed E-state index contributed by atoms with van der Waals surface area (Å²) in [4.78, 5) is 10.7. The quantitative estimate of drug-likeness (QED) is 0.656. The molecule has 0 aliphatic rings. The number of anilines is 1. The zero-order valence-electron chi connectivity index (χ0n) is 11.7. The van der Waals surface area contributed by atoms with Crippen LogP contribution in [0.1, 0.15) is 24.0 Å². The second-order valence-corrected chi connectivity index (χ2v) is 4.92. The van der Waals surface area contributed by atoms with Gasteiger partial charge in [-0.15, -0.1) is 0 Å². The fraction of sp³-hybridized carbons (Fsp3) is 0.250. The van der Waals surface area contributed by atoms with Crippen LogP contribution < -0.4 is 5.32 Å². The van der Waals surface area contributed by atoms with Gasteiger partial charge in [0.15, 0.2) is 0 Å². The Kier molecular flexibility index (Phi) is 4.35. The Hall–Kier alpha value is -2.36. The fourth-order valence-corrected chi connectivity index (χ4v) is 2.19. The van der Waals surface area contributed by atoms with Crippen molar-refractivity contribution >= 4 is 11.4 Å². The number of nitro groups is 1. The average Bonchev–Trinajstić information content (AvgIpc) is 2.46. The molecule has 2 aromatic rings. The van der Waals surface area contributed by atoms with E-state index in [-0.39, 0.29) is 16.5 Å². The molecule has 0 bridgehead atoms. The molecule has 0 fully saturated rings. The molecule has 4 nitrogen and oxygen atoms in total. The van der Waals surface area contributed by atoms with E-state index < -0.39 is 0 Å². The highest BCUT2D eigenvalue weighted by Gasteiger charge is 2.16. The third-order valence-electron chi connectivity index (χ3n) is 3.40. The van der Waals surface area contributed by atoms with Crippen LogP contribution in [0.4, 0.5) is 11.4 Å². The van der Waals surface area contributed by atoms with Crippen molar-refractivity contribution < 1.29 is 4.92 Å². The van der Waals surface area contributed by atoms with Crippen molar-refractivity contribution in [3.05, 3.63) is 69.8 Å². The van der Waals surface area contributed by atoms with E-state index in [1.807, 2.05) is 31.2 Å². The lowest BCUT2D eigenvalue weighted by Gasteiger charge is -2.15. The van der Waals surface area contributed by atoms with Crippen LogP contribution in [0.15, 0.2) is 48.5 Å². The van der Waals surface area contributed by atoms with Gasteiger partial charge in [-0.3, -0.25) is 10.1 Å². The Bertz CT molecular complexity index is 597. The number of rotatable bonds is 5. The van der Waals surface area contributed by atoms with E-state index in [9.17, 15) is 10.1 Å². The summed E-state index contributed by atoms with van der Waals surface area (Å²) >= 11 is 0. The van der Waals surface area contributed by atoms with Crippen molar-refractivity contribution in [1.82, 2.24) is 0 Å². The summed E-state index contributed by atoms with van der Waals surface area (Å²) in [6.45, 7) is 4.64. The van der Waals surface area contributed by atoms with Crippen molar-refractivity contribution in [3.8, 4) is 0 Å². The molecular formula is C16H18N2O2. The van der Waals surface area contributed by atoms with Crippen molar-refractivity contribution in [2.24, 2.45) is 0 Å². The van der Waals surface area contributed by atoms with Gasteiger partial charge in [0.05, 0.1) is 4.92 Å². The molecule has 1 unspecified atom stereocenters. The normalized spacial score (nSPS) is 11.9. The second kappa shape index (κ2) is 6.19. The molecule has 104 valence electrons. The first-order valence-corrected chi connectivity index (χ1v) is 6.62. The molecule has 0 aromatic heterocycles. The number of nitrogens with zero attached hydrogens (tertiary/aromatic N) is 1. The number of para-hydroxylation sites is 1. The summed E-state index contributed by atoms with van der Waals surface area (Å²) in [5.41, 5.74) is 2.85. The first-order chi connectivity index (χ1) is 9.59. The van der Waals surface area contributed by atoms with Crippen molar-refractivity contribution in [2.75, 3.05) is 11.9 Å². The number of benzene rings is 2. The van der Waals surface area contributed by atoms with Gasteiger partial charge in [-0.05, 0) is 24.0 Å². The maximum Gasteiger partial charge on any atom is 0.292 e. The summed E-state index contributed by atoms with van der Waals surface area (Å²) in [7, 11) is 0. The van der Waals surface area contributed by atoms with Crippen LogP contribution in [-0.4, -0.2) is 11.5 Å². The maximum absolute atomic E-state index is 11.1. The minimum Gasteiger partial charge on any atom is -0.379 e. The van der Waals surface area contributed by atoms with E-state index in [1.165, 1.54) is 11.6 Å². The third-order valence-corrected chi connectivity index (χ3v) is 3.40. The SMILES string of the molecule is Cc1cccc([N+](=O)[O-])c1NCC(C)c1ccccc1. The van der Waals surface area contributed by atoms with Gasteiger partial charge in [0, 0.05) is 12.6 Å². The first-order valence-electron chi connectivity index (χ1n) is 6.62. The molecule has 1 atom stereocenters. The van der Waals surface area contributed by atoms with Crippen LogP contribution in [-0.2, 0) is 0 Å². The molecule has 2 rings (SSSR count). The monoisotopic (exact) mass is 270 g/mol. The molecule has 1 N–H and O–H groups in total. The molecule has 0 aliphatic heterocycles. The van der Waals surface area contributed by atoms with Gasteiger partial charge in [0.1, 0.15) is 5.69 Å². The van der Waals surface area contributed by atoms with Gasteiger partial charge < -0.3 is 5.32 Å². The number of nitro benzene ring substituents is 1. The molecule has 0 aliphatic carbocycles. The molecule has 0 radical (unpaired) electrons. The van der Waals surface area contributed by atoms with E-state index in [0.717, 1.165) is 5.56 Å². The molecule has 4 heteroatoms. The molecule has 0 amide bonds. The van der Waals surface area contributed by atoms with Gasteiger partial charge in [0.2, 0.25) is 0 Å². The lowest BCUT2D eigenvalue weighted by atomic mass is 10.0. The maximum atomic E-state index is 11.1. The number of hydrogen-bond acceptors (Lipinski definition) is 3. The van der Waals surface area contributed by atoms with Crippen LogP contribution in [0.5, 0.6) is 0 Å². The van der Waals surface area contributed by atoms with Gasteiger partial charge in [0.25, 0.3) is 5.69 Å². The highest BCUT2D eigenvalue weighted by atomic mass is 16.6. The molecule has 20 heavy (non-hydrogen) atoms. The minimum atomic E-state index is -0.345. The summed E-state index contributed by atoms with van der Waals surface area (Å²) in [6.07, 6.45) is 0. The largest absolute Gasteiger partial charge is 0.379 e. The number of hydrogen-bond donors (Lipinski definition) is 1. The Morgan fingerprint density at radius 2 is 1.85 bits per heavy atom. The third kappa shape index (κ3) is 3.15. The summed E-state index contributed by atoms with van der Waals surface area (Å²) in [5, 5.41) is 14.3. The van der Waals surface area contributed by atoms with E-state index in [1.54, 1.807) is 6.07 Å². The zero-order valence-corrected chi connectivity index (χ0v) is 11.7. The zero-order chi connectivity index (χ0) is 14.5. The van der Waals surface area contributed by atoms with Crippen molar-refractivity contribution in [2.45, 2.75) is 19.8 Å². The molecule has 0 spiro atoms. The van der Waals surface area contributed by atoms with Gasteiger partial charge >= 0.3 is 0 Å². The van der Waals surface area contributed by atoms with Crippen LogP contribution in [0.2, 0.25) is 0 Å². The molecule has 0 saturated carbocycles. The van der Waals surface area contributed by atoms with Crippen LogP contribution in [0.25, 0.3) is 0 Å². The Morgan fingerprint density at radius 3 is 2.50 bits per heavy atom. The highest BCUT2D eigenvalue weighted by molar-refractivity contribution is 5.66. The standard InChI is InChI=1S/C16H18N2O2/c1-12-7-6-10-15(18(19)20)16(12)17-11-13(2)14-8-4-3-5-9-14/h3-10,13,17H,11H2,1-2H3. The second-order valence-electron chi connectivity index (χ2n) is 4.92. The Labute approximate surface area is 118 Å². The molecular weight excluding hydrogens is 252 g/mol. The van der Waals surface area contributed by atoms with Gasteiger partial charge in [-0.2, -0.15) is 0 Å². The van der Waals surface area contributed by atoms with E-state index in [2.05, 4.69) is 24.4 Å². The number of aryl methyl sites for hydroxylation is 1. The van der Waals surface area contributed by atoms with Crippen molar-refractivity contribution in [3.63, 3.8) is 0 Å². The van der Waals surface area contributed by atoms with Gasteiger partial charge in [-0.1, -0.05) is 49.4 Å². The predicted octanol–water partition coefficient (Wildman–Crippen LogP) is 4.12. The lowest BCUT2D eigenvalue weighted by Crippen LogP contribution is -2.12. The summed E-state index contributed by atoms with van der Waals surface area (Å²) in [6, 6.07) is 15.2. The molecule has 2 aromatic carbocycles. The van der Waals surface area contributed by atoms with E-state index >= 15 is 0 Å². The smallest absolute Gasteiger partial charge is 0.292 e. The molecule has 0 heterocycles. The topological polar surface area (TPSA) is 55.2 Å². The van der Waals surface area contributed by atoms with Crippen LogP contribution >= 0.6 is 0 Å². The number of nitrogens with one attached hydrogen (secondary N) is 1. The lowest BCUT2D eigenvalue weighted by molar-refractivity contribution is -0.384. The van der Waals surface area contributed by atoms with Crippen LogP contribution in [0.3, 0.4) is 0 Å². The van der Waals surface area contributed by atoms with Gasteiger partial charge in [-0.25, -0.2) is 0 Å². The fourth-order valence-electron chi connectivity index (χ4n) is 2.19. The highest BCUT2D eigenvalue weighted by Crippen LogP contribution is 2.28. The van der Waals surface area contributed by atoms with Crippen LogP contribution in [0, 0.1) is 17.0 Å². The van der Waals surface area contributed by atoms with E-state index in [4.69, 9.17) is 0 Å². The first kappa shape index (κ1) is 14.1. The molecule has 0 saturated heterocycles. The minimum absolute atomic E-state index is 0.130. The summed E-state index contributed by atoms with van der Waals surface area (Å²) < 4.78 is 0.